The van der Waals surface area contributed by atoms with Crippen LogP contribution in [-0.2, 0) is 22.1 Å². The highest BCUT2D eigenvalue weighted by atomic mass is 19.4. The van der Waals surface area contributed by atoms with Crippen LogP contribution in [0.1, 0.15) is 11.1 Å². The van der Waals surface area contributed by atoms with E-state index in [4.69, 9.17) is 0 Å². The summed E-state index contributed by atoms with van der Waals surface area (Å²) in [5.41, 5.74) is -1.50. The Morgan fingerprint density at radius 3 is 2.56 bits per heavy atom. The minimum absolute atomic E-state index is 0.471. The van der Waals surface area contributed by atoms with Gasteiger partial charge >= 0.3 is 12.1 Å². The summed E-state index contributed by atoms with van der Waals surface area (Å²) in [4.78, 5) is 10.9. The van der Waals surface area contributed by atoms with Crippen molar-refractivity contribution < 1.29 is 27.8 Å². The molecule has 0 saturated heterocycles. The quantitative estimate of drug-likeness (QED) is 0.797. The maximum Gasteiger partial charge on any atom is 0.416 e. The average Bonchev–Trinajstić information content (AvgIpc) is 2.19. The van der Waals surface area contributed by atoms with Crippen LogP contribution in [0.25, 0.3) is 0 Å². The van der Waals surface area contributed by atoms with E-state index in [1.807, 2.05) is 0 Å². The van der Waals surface area contributed by atoms with Crippen molar-refractivity contribution in [2.75, 3.05) is 7.11 Å². The van der Waals surface area contributed by atoms with Gasteiger partial charge in [0.15, 0.2) is 0 Å². The largest absolute Gasteiger partial charge is 0.508 e. The van der Waals surface area contributed by atoms with Gasteiger partial charge in [-0.25, -0.2) is 0 Å². The third kappa shape index (κ3) is 2.65. The van der Waals surface area contributed by atoms with E-state index in [1.165, 1.54) is 0 Å². The molecule has 0 aliphatic rings. The molecule has 0 bridgehead atoms. The van der Waals surface area contributed by atoms with E-state index in [9.17, 15) is 23.1 Å². The second kappa shape index (κ2) is 4.42. The molecular weight excluding hydrogens is 225 g/mol. The predicted molar refractivity (Wildman–Crippen MR) is 48.8 cm³/mol. The van der Waals surface area contributed by atoms with E-state index in [-0.39, 0.29) is 0 Å². The number of rotatable bonds is 2. The van der Waals surface area contributed by atoms with Crippen LogP contribution < -0.4 is 0 Å². The Morgan fingerprint density at radius 2 is 2.06 bits per heavy atom. The van der Waals surface area contributed by atoms with Crippen molar-refractivity contribution in [1.82, 2.24) is 0 Å². The summed E-state index contributed by atoms with van der Waals surface area (Å²) >= 11 is 0. The fourth-order valence-corrected chi connectivity index (χ4v) is 1.24. The standard InChI is InChI=1S/C10H9F3O3/c1-16-9(15)5-6-7(10(11,12)13)3-2-4-8(6)14/h2-4,14H,5H2,1H3. The molecule has 0 aromatic heterocycles. The lowest BCUT2D eigenvalue weighted by atomic mass is 10.0. The smallest absolute Gasteiger partial charge is 0.416 e. The second-order valence-electron chi connectivity index (χ2n) is 3.05. The number of methoxy groups -OCH3 is 1. The molecule has 0 spiro atoms. The van der Waals surface area contributed by atoms with Crippen molar-refractivity contribution in [3.63, 3.8) is 0 Å². The molecule has 0 amide bonds. The number of ether oxygens (including phenoxy) is 1. The normalized spacial score (nSPS) is 11.2. The lowest BCUT2D eigenvalue weighted by Crippen LogP contribution is -2.13. The van der Waals surface area contributed by atoms with Crippen molar-refractivity contribution in [2.24, 2.45) is 0 Å². The first-order valence-electron chi connectivity index (χ1n) is 4.31. The van der Waals surface area contributed by atoms with Crippen LogP contribution in [0.3, 0.4) is 0 Å². The highest BCUT2D eigenvalue weighted by Crippen LogP contribution is 2.35. The molecular formula is C10H9F3O3. The molecule has 6 heteroatoms. The zero-order valence-electron chi connectivity index (χ0n) is 8.34. The SMILES string of the molecule is COC(=O)Cc1c(O)cccc1C(F)(F)F. The van der Waals surface area contributed by atoms with Gasteiger partial charge in [-0.15, -0.1) is 0 Å². The Morgan fingerprint density at radius 1 is 1.44 bits per heavy atom. The molecule has 0 saturated carbocycles. The number of phenols is 1. The Bertz CT molecular complexity index is 399. The molecule has 3 nitrogen and oxygen atoms in total. The number of alkyl halides is 3. The van der Waals surface area contributed by atoms with Gasteiger partial charge in [0, 0.05) is 5.56 Å². The third-order valence-electron chi connectivity index (χ3n) is 2.01. The van der Waals surface area contributed by atoms with Crippen molar-refractivity contribution in [3.05, 3.63) is 29.3 Å². The Balaban J connectivity index is 3.19. The zero-order valence-corrected chi connectivity index (χ0v) is 8.34. The summed E-state index contributed by atoms with van der Waals surface area (Å²) in [5, 5.41) is 9.29. The molecule has 0 fully saturated rings. The molecule has 1 aromatic rings. The summed E-state index contributed by atoms with van der Waals surface area (Å²) < 4.78 is 41.8. The van der Waals surface area contributed by atoms with Crippen molar-refractivity contribution in [3.8, 4) is 5.75 Å². The fraction of sp³-hybridized carbons (Fsp3) is 0.300. The first-order valence-corrected chi connectivity index (χ1v) is 4.31. The minimum atomic E-state index is -4.61. The molecule has 0 heterocycles. The second-order valence-corrected chi connectivity index (χ2v) is 3.05. The number of aromatic hydroxyl groups is 1. The Kier molecular flexibility index (Phi) is 3.41. The molecule has 88 valence electrons. The summed E-state index contributed by atoms with van der Waals surface area (Å²) in [6, 6.07) is 2.96. The molecule has 1 N–H and O–H groups in total. The van der Waals surface area contributed by atoms with E-state index in [0.717, 1.165) is 25.3 Å². The number of halogens is 3. The van der Waals surface area contributed by atoms with Crippen LogP contribution in [0.4, 0.5) is 13.2 Å². The lowest BCUT2D eigenvalue weighted by molar-refractivity contribution is -0.141. The molecule has 0 aliphatic heterocycles. The Hall–Kier alpha value is -1.72. The highest BCUT2D eigenvalue weighted by Gasteiger charge is 2.34. The van der Waals surface area contributed by atoms with E-state index in [1.54, 1.807) is 0 Å². The van der Waals surface area contributed by atoms with E-state index < -0.39 is 35.4 Å². The van der Waals surface area contributed by atoms with Crippen LogP contribution in [-0.4, -0.2) is 18.2 Å². The summed E-state index contributed by atoms with van der Waals surface area (Å²) in [6.07, 6.45) is -5.22. The molecule has 0 atom stereocenters. The van der Waals surface area contributed by atoms with Gasteiger partial charge in [-0.2, -0.15) is 13.2 Å². The van der Waals surface area contributed by atoms with Crippen LogP contribution in [0.2, 0.25) is 0 Å². The molecule has 1 aromatic carbocycles. The summed E-state index contributed by atoms with van der Waals surface area (Å²) in [6.45, 7) is 0. The van der Waals surface area contributed by atoms with Crippen molar-refractivity contribution in [1.29, 1.82) is 0 Å². The number of phenolic OH excluding ortho intramolecular Hbond substituents is 1. The van der Waals surface area contributed by atoms with Crippen LogP contribution >= 0.6 is 0 Å². The number of carbonyl (C=O) groups excluding carboxylic acids is 1. The third-order valence-corrected chi connectivity index (χ3v) is 2.01. The minimum Gasteiger partial charge on any atom is -0.508 e. The first-order chi connectivity index (χ1) is 7.36. The average molecular weight is 234 g/mol. The fourth-order valence-electron chi connectivity index (χ4n) is 1.24. The maximum absolute atomic E-state index is 12.5. The van der Waals surface area contributed by atoms with Crippen LogP contribution in [0, 0.1) is 0 Å². The summed E-state index contributed by atoms with van der Waals surface area (Å²) in [7, 11) is 1.07. The van der Waals surface area contributed by atoms with Crippen molar-refractivity contribution >= 4 is 5.97 Å². The zero-order chi connectivity index (χ0) is 12.3. The number of carbonyl (C=O) groups is 1. The first kappa shape index (κ1) is 12.4. The van der Waals surface area contributed by atoms with Crippen LogP contribution in [0.5, 0.6) is 5.75 Å². The van der Waals surface area contributed by atoms with Gasteiger partial charge < -0.3 is 9.84 Å². The van der Waals surface area contributed by atoms with E-state index >= 15 is 0 Å². The number of benzene rings is 1. The van der Waals surface area contributed by atoms with Gasteiger partial charge in [0.05, 0.1) is 19.1 Å². The number of esters is 1. The molecule has 0 unspecified atom stereocenters. The number of hydrogen-bond donors (Lipinski definition) is 1. The van der Waals surface area contributed by atoms with Gasteiger partial charge in [0.2, 0.25) is 0 Å². The molecule has 0 radical (unpaired) electrons. The molecule has 1 rings (SSSR count). The highest BCUT2D eigenvalue weighted by molar-refractivity contribution is 5.74. The summed E-state index contributed by atoms with van der Waals surface area (Å²) in [5.74, 6) is -1.41. The van der Waals surface area contributed by atoms with Gasteiger partial charge in [-0.3, -0.25) is 4.79 Å². The monoisotopic (exact) mass is 234 g/mol. The van der Waals surface area contributed by atoms with Gasteiger partial charge in [-0.1, -0.05) is 6.07 Å². The maximum atomic E-state index is 12.5. The van der Waals surface area contributed by atoms with Crippen molar-refractivity contribution in [2.45, 2.75) is 12.6 Å². The molecule has 16 heavy (non-hydrogen) atoms. The predicted octanol–water partition coefficient (Wildman–Crippen LogP) is 2.13. The number of hydrogen-bond acceptors (Lipinski definition) is 3. The van der Waals surface area contributed by atoms with Crippen LogP contribution in [0.15, 0.2) is 18.2 Å². The topological polar surface area (TPSA) is 46.5 Å². The Labute approximate surface area is 89.5 Å². The van der Waals surface area contributed by atoms with Gasteiger partial charge in [-0.05, 0) is 12.1 Å². The van der Waals surface area contributed by atoms with E-state index in [0.29, 0.717) is 0 Å². The molecule has 0 aliphatic carbocycles. The lowest BCUT2D eigenvalue weighted by Gasteiger charge is -2.13. The van der Waals surface area contributed by atoms with Gasteiger partial charge in [0.25, 0.3) is 0 Å². The van der Waals surface area contributed by atoms with Gasteiger partial charge in [0.1, 0.15) is 5.75 Å². The van der Waals surface area contributed by atoms with E-state index in [2.05, 4.69) is 4.74 Å².